The summed E-state index contributed by atoms with van der Waals surface area (Å²) in [5, 5.41) is 8.60. The Morgan fingerprint density at radius 2 is 2.19 bits per heavy atom. The normalized spacial score (nSPS) is 11.4. The number of fused-ring (bicyclic) bond motifs is 1. The third kappa shape index (κ3) is 2.83. The van der Waals surface area contributed by atoms with Crippen LogP contribution in [-0.4, -0.2) is 21.3 Å². The summed E-state index contributed by atoms with van der Waals surface area (Å²) in [6, 6.07) is 4.85. The van der Waals surface area contributed by atoms with Gasteiger partial charge in [-0.05, 0) is 43.7 Å². The largest absolute Gasteiger partial charge is 0.361 e. The lowest BCUT2D eigenvalue weighted by Crippen LogP contribution is -2.17. The molecule has 0 atom stereocenters. The van der Waals surface area contributed by atoms with Crippen LogP contribution in [0.2, 0.25) is 0 Å². The molecule has 2 aromatic heterocycles. The highest BCUT2D eigenvalue weighted by atomic mass is 19.1. The molecule has 3 aromatic rings. The van der Waals surface area contributed by atoms with Crippen LogP contribution in [0.3, 0.4) is 0 Å². The van der Waals surface area contributed by atoms with Gasteiger partial charge in [-0.2, -0.15) is 5.10 Å². The average molecular weight is 286 g/mol. The van der Waals surface area contributed by atoms with Gasteiger partial charge in [0.1, 0.15) is 5.82 Å². The molecule has 2 N–H and O–H groups in total. The van der Waals surface area contributed by atoms with Crippen LogP contribution in [0, 0.1) is 12.7 Å². The maximum Gasteiger partial charge on any atom is 0.123 e. The molecule has 0 fully saturated rings. The Morgan fingerprint density at radius 1 is 1.33 bits per heavy atom. The van der Waals surface area contributed by atoms with E-state index in [1.165, 1.54) is 17.3 Å². The van der Waals surface area contributed by atoms with Crippen LogP contribution in [0.4, 0.5) is 4.39 Å². The van der Waals surface area contributed by atoms with Crippen LogP contribution < -0.4 is 5.32 Å². The first-order valence-electron chi connectivity index (χ1n) is 7.09. The minimum atomic E-state index is -0.192. The van der Waals surface area contributed by atoms with Gasteiger partial charge >= 0.3 is 0 Å². The zero-order valence-electron chi connectivity index (χ0n) is 12.3. The molecule has 110 valence electrons. The molecule has 0 spiro atoms. The number of halogens is 1. The Hall–Kier alpha value is -2.14. The number of nitrogens with one attached hydrogen (secondary N) is 2. The second-order valence-electron chi connectivity index (χ2n) is 5.31. The fourth-order valence-corrected chi connectivity index (χ4v) is 2.52. The number of benzene rings is 1. The first-order chi connectivity index (χ1) is 10.1. The summed E-state index contributed by atoms with van der Waals surface area (Å²) in [6.45, 7) is 3.71. The van der Waals surface area contributed by atoms with Crippen LogP contribution in [0.25, 0.3) is 10.9 Å². The first-order valence-corrected chi connectivity index (χ1v) is 7.09. The van der Waals surface area contributed by atoms with Gasteiger partial charge in [-0.3, -0.25) is 4.68 Å². The van der Waals surface area contributed by atoms with E-state index in [2.05, 4.69) is 22.3 Å². The molecule has 3 rings (SSSR count). The number of aromatic amines is 1. The highest BCUT2D eigenvalue weighted by molar-refractivity contribution is 5.83. The SMILES string of the molecule is Cc1c(CNCCc2c[nH]c3ccc(F)cc23)cnn1C. The zero-order chi connectivity index (χ0) is 14.8. The Morgan fingerprint density at radius 3 is 2.95 bits per heavy atom. The van der Waals surface area contributed by atoms with Gasteiger partial charge in [-0.25, -0.2) is 4.39 Å². The number of aryl methyl sites for hydroxylation is 1. The number of H-pyrrole nitrogens is 1. The maximum absolute atomic E-state index is 13.3. The molecule has 0 aliphatic rings. The van der Waals surface area contributed by atoms with Gasteiger partial charge in [0.2, 0.25) is 0 Å². The lowest BCUT2D eigenvalue weighted by molar-refractivity contribution is 0.629. The number of hydrogen-bond donors (Lipinski definition) is 2. The van der Waals surface area contributed by atoms with Crippen LogP contribution in [-0.2, 0) is 20.0 Å². The van der Waals surface area contributed by atoms with Crippen LogP contribution >= 0.6 is 0 Å². The van der Waals surface area contributed by atoms with Gasteiger partial charge in [0.05, 0.1) is 6.20 Å². The standard InChI is InChI=1S/C16H19FN4/c1-11-13(10-20-21(11)2)8-18-6-5-12-9-19-16-4-3-14(17)7-15(12)16/h3-4,7,9-10,18-19H,5-6,8H2,1-2H3. The van der Waals surface area contributed by atoms with Gasteiger partial charge in [0.25, 0.3) is 0 Å². The van der Waals surface area contributed by atoms with Crippen LogP contribution in [0.1, 0.15) is 16.8 Å². The van der Waals surface area contributed by atoms with Gasteiger partial charge < -0.3 is 10.3 Å². The Kier molecular flexibility index (Phi) is 3.75. The second kappa shape index (κ2) is 5.69. The Labute approximate surface area is 123 Å². The third-order valence-corrected chi connectivity index (χ3v) is 3.95. The van der Waals surface area contributed by atoms with Gasteiger partial charge in [0, 0.05) is 41.9 Å². The van der Waals surface area contributed by atoms with E-state index in [0.29, 0.717) is 0 Å². The molecule has 0 saturated heterocycles. The van der Waals surface area contributed by atoms with E-state index in [1.807, 2.05) is 24.1 Å². The zero-order valence-corrected chi connectivity index (χ0v) is 12.3. The van der Waals surface area contributed by atoms with Gasteiger partial charge in [-0.1, -0.05) is 0 Å². The molecule has 0 unspecified atom stereocenters. The van der Waals surface area contributed by atoms with Crippen molar-refractivity contribution in [3.05, 3.63) is 53.2 Å². The van der Waals surface area contributed by atoms with Crippen molar-refractivity contribution in [3.8, 4) is 0 Å². The second-order valence-corrected chi connectivity index (χ2v) is 5.31. The predicted molar refractivity (Wildman–Crippen MR) is 81.6 cm³/mol. The first kappa shape index (κ1) is 13.8. The average Bonchev–Trinajstić information content (AvgIpc) is 3.01. The Bertz CT molecular complexity index is 757. The minimum Gasteiger partial charge on any atom is -0.361 e. The molecule has 0 aliphatic carbocycles. The van der Waals surface area contributed by atoms with Crippen molar-refractivity contribution >= 4 is 10.9 Å². The van der Waals surface area contributed by atoms with E-state index in [4.69, 9.17) is 0 Å². The summed E-state index contributed by atoms with van der Waals surface area (Å²) in [5.74, 6) is -0.192. The quantitative estimate of drug-likeness (QED) is 0.708. The predicted octanol–water partition coefficient (Wildman–Crippen LogP) is 2.68. The molecule has 0 bridgehead atoms. The molecule has 0 saturated carbocycles. The van der Waals surface area contributed by atoms with E-state index < -0.39 is 0 Å². The number of rotatable bonds is 5. The summed E-state index contributed by atoms with van der Waals surface area (Å²) in [6.07, 6.45) is 4.72. The smallest absolute Gasteiger partial charge is 0.123 e. The molecule has 21 heavy (non-hydrogen) atoms. The van der Waals surface area contributed by atoms with E-state index in [-0.39, 0.29) is 5.82 Å². The summed E-state index contributed by atoms with van der Waals surface area (Å²) in [4.78, 5) is 3.18. The van der Waals surface area contributed by atoms with Gasteiger partial charge in [-0.15, -0.1) is 0 Å². The summed E-state index contributed by atoms with van der Waals surface area (Å²) < 4.78 is 15.2. The summed E-state index contributed by atoms with van der Waals surface area (Å²) >= 11 is 0. The summed E-state index contributed by atoms with van der Waals surface area (Å²) in [5.41, 5.74) is 4.51. The molecular formula is C16H19FN4. The molecule has 4 nitrogen and oxygen atoms in total. The van der Waals surface area contributed by atoms with Crippen molar-refractivity contribution in [1.82, 2.24) is 20.1 Å². The molecule has 2 heterocycles. The Balaban J connectivity index is 1.59. The number of nitrogens with zero attached hydrogens (tertiary/aromatic N) is 2. The minimum absolute atomic E-state index is 0.192. The van der Waals surface area contributed by atoms with Crippen molar-refractivity contribution < 1.29 is 4.39 Å². The summed E-state index contributed by atoms with van der Waals surface area (Å²) in [7, 11) is 1.94. The number of aromatic nitrogens is 3. The molecule has 0 radical (unpaired) electrons. The maximum atomic E-state index is 13.3. The van der Waals surface area contributed by atoms with E-state index in [0.717, 1.165) is 36.0 Å². The molecular weight excluding hydrogens is 267 g/mol. The van der Waals surface area contributed by atoms with Crippen LogP contribution in [0.15, 0.2) is 30.6 Å². The monoisotopic (exact) mass is 286 g/mol. The van der Waals surface area contributed by atoms with E-state index >= 15 is 0 Å². The van der Waals surface area contributed by atoms with Gasteiger partial charge in [0.15, 0.2) is 0 Å². The van der Waals surface area contributed by atoms with Crippen molar-refractivity contribution in [2.45, 2.75) is 19.9 Å². The molecule has 1 aromatic carbocycles. The van der Waals surface area contributed by atoms with Crippen LogP contribution in [0.5, 0.6) is 0 Å². The molecule has 0 aliphatic heterocycles. The molecule has 0 amide bonds. The van der Waals surface area contributed by atoms with Crippen molar-refractivity contribution in [3.63, 3.8) is 0 Å². The van der Waals surface area contributed by atoms with Crippen molar-refractivity contribution in [1.29, 1.82) is 0 Å². The molecule has 5 heteroatoms. The van der Waals surface area contributed by atoms with Crippen molar-refractivity contribution in [2.75, 3.05) is 6.54 Å². The number of hydrogen-bond acceptors (Lipinski definition) is 2. The fraction of sp³-hybridized carbons (Fsp3) is 0.312. The van der Waals surface area contributed by atoms with E-state index in [1.54, 1.807) is 12.1 Å². The fourth-order valence-electron chi connectivity index (χ4n) is 2.52. The highest BCUT2D eigenvalue weighted by Crippen LogP contribution is 2.19. The lowest BCUT2D eigenvalue weighted by Gasteiger charge is -2.04. The third-order valence-electron chi connectivity index (χ3n) is 3.95. The van der Waals surface area contributed by atoms with Crippen molar-refractivity contribution in [2.24, 2.45) is 7.05 Å². The lowest BCUT2D eigenvalue weighted by atomic mass is 10.1. The topological polar surface area (TPSA) is 45.6 Å². The highest BCUT2D eigenvalue weighted by Gasteiger charge is 2.06. The van der Waals surface area contributed by atoms with E-state index in [9.17, 15) is 4.39 Å².